The molecule has 2 amide bonds. The Kier molecular flexibility index (Phi) is 5.36. The SMILES string of the molecule is CCN(CC(=O)NC(C)C)C(=O)C1Cc2ccccc2C(=O)O1. The van der Waals surface area contributed by atoms with Crippen molar-refractivity contribution in [3.8, 4) is 0 Å². The molecule has 0 aromatic heterocycles. The van der Waals surface area contributed by atoms with Crippen LogP contribution in [-0.4, -0.2) is 47.9 Å². The smallest absolute Gasteiger partial charge is 0.339 e. The summed E-state index contributed by atoms with van der Waals surface area (Å²) in [6.45, 7) is 5.84. The fourth-order valence-electron chi connectivity index (χ4n) is 2.56. The largest absolute Gasteiger partial charge is 0.448 e. The van der Waals surface area contributed by atoms with Gasteiger partial charge in [-0.05, 0) is 32.4 Å². The maximum Gasteiger partial charge on any atom is 0.339 e. The van der Waals surface area contributed by atoms with Crippen LogP contribution in [0.5, 0.6) is 0 Å². The number of nitrogens with one attached hydrogen (secondary N) is 1. The van der Waals surface area contributed by atoms with Crippen LogP contribution in [0.3, 0.4) is 0 Å². The van der Waals surface area contributed by atoms with Crippen molar-refractivity contribution in [1.82, 2.24) is 10.2 Å². The fourth-order valence-corrected chi connectivity index (χ4v) is 2.56. The highest BCUT2D eigenvalue weighted by Crippen LogP contribution is 2.21. The van der Waals surface area contributed by atoms with Crippen LogP contribution in [0.4, 0.5) is 0 Å². The first-order valence-corrected chi connectivity index (χ1v) is 7.79. The molecule has 23 heavy (non-hydrogen) atoms. The van der Waals surface area contributed by atoms with Crippen LogP contribution in [0.15, 0.2) is 24.3 Å². The van der Waals surface area contributed by atoms with Crippen LogP contribution in [0, 0.1) is 0 Å². The van der Waals surface area contributed by atoms with Gasteiger partial charge in [-0.25, -0.2) is 4.79 Å². The number of likely N-dealkylation sites (N-methyl/N-ethyl adjacent to an activating group) is 1. The quantitative estimate of drug-likeness (QED) is 0.826. The second-order valence-corrected chi connectivity index (χ2v) is 5.83. The number of hydrogen-bond donors (Lipinski definition) is 1. The Morgan fingerprint density at radius 1 is 1.35 bits per heavy atom. The third-order valence-corrected chi connectivity index (χ3v) is 3.64. The molecule has 1 unspecified atom stereocenters. The summed E-state index contributed by atoms with van der Waals surface area (Å²) in [5.74, 6) is -1.06. The van der Waals surface area contributed by atoms with Gasteiger partial charge in [-0.15, -0.1) is 0 Å². The number of carbonyl (C=O) groups is 3. The van der Waals surface area contributed by atoms with Crippen molar-refractivity contribution in [3.63, 3.8) is 0 Å². The van der Waals surface area contributed by atoms with Gasteiger partial charge in [0.25, 0.3) is 5.91 Å². The Morgan fingerprint density at radius 3 is 2.70 bits per heavy atom. The average molecular weight is 318 g/mol. The second-order valence-electron chi connectivity index (χ2n) is 5.83. The molecule has 0 fully saturated rings. The highest BCUT2D eigenvalue weighted by molar-refractivity contribution is 5.96. The number of nitrogens with zero attached hydrogens (tertiary/aromatic N) is 1. The minimum atomic E-state index is -0.871. The molecule has 6 heteroatoms. The monoisotopic (exact) mass is 318 g/mol. The molecule has 0 spiro atoms. The molecule has 1 aromatic carbocycles. The van der Waals surface area contributed by atoms with E-state index in [1.807, 2.05) is 26.0 Å². The van der Waals surface area contributed by atoms with Crippen molar-refractivity contribution in [1.29, 1.82) is 0 Å². The molecule has 1 aromatic rings. The fraction of sp³-hybridized carbons (Fsp3) is 0.471. The molecule has 1 aliphatic heterocycles. The molecule has 1 atom stereocenters. The first kappa shape index (κ1) is 17.0. The summed E-state index contributed by atoms with van der Waals surface area (Å²) >= 11 is 0. The molecule has 0 radical (unpaired) electrons. The van der Waals surface area contributed by atoms with E-state index in [9.17, 15) is 14.4 Å². The molecule has 1 N–H and O–H groups in total. The first-order valence-electron chi connectivity index (χ1n) is 7.79. The molecule has 2 rings (SSSR count). The van der Waals surface area contributed by atoms with Gasteiger partial charge in [0, 0.05) is 19.0 Å². The van der Waals surface area contributed by atoms with E-state index in [0.29, 0.717) is 18.5 Å². The van der Waals surface area contributed by atoms with Crippen LogP contribution >= 0.6 is 0 Å². The van der Waals surface area contributed by atoms with E-state index < -0.39 is 12.1 Å². The van der Waals surface area contributed by atoms with Crippen LogP contribution < -0.4 is 5.32 Å². The molecule has 0 saturated carbocycles. The lowest BCUT2D eigenvalue weighted by Gasteiger charge is -2.29. The summed E-state index contributed by atoms with van der Waals surface area (Å²) in [5.41, 5.74) is 1.29. The standard InChI is InChI=1S/C17H22N2O4/c1-4-19(10-15(20)18-11(2)3)16(21)14-9-12-7-5-6-8-13(12)17(22)23-14/h5-8,11,14H,4,9-10H2,1-3H3,(H,18,20). The Balaban J connectivity index is 2.07. The second kappa shape index (κ2) is 7.26. The summed E-state index contributed by atoms with van der Waals surface area (Å²) in [7, 11) is 0. The average Bonchev–Trinajstić information content (AvgIpc) is 2.51. The van der Waals surface area contributed by atoms with Gasteiger partial charge in [-0.1, -0.05) is 18.2 Å². The van der Waals surface area contributed by atoms with E-state index in [2.05, 4.69) is 5.32 Å². The summed E-state index contributed by atoms with van der Waals surface area (Å²) in [4.78, 5) is 37.8. The van der Waals surface area contributed by atoms with E-state index >= 15 is 0 Å². The zero-order valence-electron chi connectivity index (χ0n) is 13.7. The molecular weight excluding hydrogens is 296 g/mol. The number of carbonyl (C=O) groups excluding carboxylic acids is 3. The topological polar surface area (TPSA) is 75.7 Å². The van der Waals surface area contributed by atoms with Crippen LogP contribution in [-0.2, 0) is 20.7 Å². The van der Waals surface area contributed by atoms with E-state index in [1.54, 1.807) is 19.1 Å². The molecule has 0 aliphatic carbocycles. The number of amides is 2. The van der Waals surface area contributed by atoms with Crippen LogP contribution in [0.1, 0.15) is 36.7 Å². The van der Waals surface area contributed by atoms with Gasteiger partial charge in [0.15, 0.2) is 6.10 Å². The molecule has 1 aliphatic rings. The number of rotatable bonds is 5. The lowest BCUT2D eigenvalue weighted by atomic mass is 9.98. The summed E-state index contributed by atoms with van der Waals surface area (Å²) < 4.78 is 5.26. The lowest BCUT2D eigenvalue weighted by molar-refractivity contribution is -0.143. The molecular formula is C17H22N2O4. The highest BCUT2D eigenvalue weighted by atomic mass is 16.5. The number of esters is 1. The van der Waals surface area contributed by atoms with E-state index in [-0.39, 0.29) is 24.4 Å². The highest BCUT2D eigenvalue weighted by Gasteiger charge is 2.33. The number of benzene rings is 1. The number of hydrogen-bond acceptors (Lipinski definition) is 4. The predicted octanol–water partition coefficient (Wildman–Crippen LogP) is 1.14. The Labute approximate surface area is 135 Å². The zero-order chi connectivity index (χ0) is 17.0. The van der Waals surface area contributed by atoms with Crippen LogP contribution in [0.2, 0.25) is 0 Å². The van der Waals surface area contributed by atoms with Crippen molar-refractivity contribution in [2.45, 2.75) is 39.3 Å². The van der Waals surface area contributed by atoms with Crippen molar-refractivity contribution in [2.75, 3.05) is 13.1 Å². The first-order chi connectivity index (χ1) is 10.9. The van der Waals surface area contributed by atoms with Gasteiger partial charge in [0.05, 0.1) is 12.1 Å². The Morgan fingerprint density at radius 2 is 2.04 bits per heavy atom. The van der Waals surface area contributed by atoms with Crippen LogP contribution in [0.25, 0.3) is 0 Å². The molecule has 0 saturated heterocycles. The number of fused-ring (bicyclic) bond motifs is 1. The molecule has 6 nitrogen and oxygen atoms in total. The molecule has 1 heterocycles. The van der Waals surface area contributed by atoms with Crippen molar-refractivity contribution >= 4 is 17.8 Å². The summed E-state index contributed by atoms with van der Waals surface area (Å²) in [6.07, 6.45) is -0.535. The minimum Gasteiger partial charge on any atom is -0.448 e. The molecule has 124 valence electrons. The normalized spacial score (nSPS) is 16.5. The number of ether oxygens (including phenoxy) is 1. The van der Waals surface area contributed by atoms with Gasteiger partial charge >= 0.3 is 5.97 Å². The third-order valence-electron chi connectivity index (χ3n) is 3.64. The third kappa shape index (κ3) is 4.09. The maximum absolute atomic E-state index is 12.6. The Bertz CT molecular complexity index is 612. The summed E-state index contributed by atoms with van der Waals surface area (Å²) in [6, 6.07) is 7.10. The van der Waals surface area contributed by atoms with Crippen molar-refractivity contribution in [2.24, 2.45) is 0 Å². The van der Waals surface area contributed by atoms with E-state index in [4.69, 9.17) is 4.74 Å². The van der Waals surface area contributed by atoms with E-state index in [1.165, 1.54) is 4.90 Å². The minimum absolute atomic E-state index is 0.00990. The maximum atomic E-state index is 12.6. The summed E-state index contributed by atoms with van der Waals surface area (Å²) in [5, 5.41) is 2.75. The van der Waals surface area contributed by atoms with Gasteiger partial charge in [0.2, 0.25) is 5.91 Å². The Hall–Kier alpha value is -2.37. The van der Waals surface area contributed by atoms with Crippen molar-refractivity contribution in [3.05, 3.63) is 35.4 Å². The lowest BCUT2D eigenvalue weighted by Crippen LogP contribution is -2.48. The molecule has 0 bridgehead atoms. The zero-order valence-corrected chi connectivity index (χ0v) is 13.7. The van der Waals surface area contributed by atoms with Gasteiger partial charge in [0.1, 0.15) is 0 Å². The van der Waals surface area contributed by atoms with E-state index in [0.717, 1.165) is 5.56 Å². The number of cyclic esters (lactones) is 1. The van der Waals surface area contributed by atoms with Gasteiger partial charge in [-0.2, -0.15) is 0 Å². The van der Waals surface area contributed by atoms with Gasteiger partial charge < -0.3 is 15.0 Å². The van der Waals surface area contributed by atoms with Crippen molar-refractivity contribution < 1.29 is 19.1 Å². The van der Waals surface area contributed by atoms with Gasteiger partial charge in [-0.3, -0.25) is 9.59 Å². The predicted molar refractivity (Wildman–Crippen MR) is 84.9 cm³/mol.